The average molecular weight is 441 g/mol. The first-order valence-electron chi connectivity index (χ1n) is 8.37. The molecule has 3 amide bonds. The molecule has 0 rings (SSSR count). The Labute approximate surface area is 172 Å². The van der Waals surface area contributed by atoms with Gasteiger partial charge in [-0.05, 0) is 25.4 Å². The Kier molecular flexibility index (Phi) is 12.9. The maximum Gasteiger partial charge on any atom is 0.327 e. The summed E-state index contributed by atoms with van der Waals surface area (Å²) in [6.07, 6.45) is 0.812. The van der Waals surface area contributed by atoms with Gasteiger partial charge < -0.3 is 37.0 Å². The standard InChI is InChI=1S/C15H28N4O7S2/c1-7(21)11(16)14(24)18-9(5-20)13(23)17-8(3-4-28-2)12(22)19-10(6-27)15(25)26/h7-11,20-21,27H,3-6,16H2,1-2H3,(H,17,23)(H,18,24)(H,19,22)(H,25,26). The minimum absolute atomic E-state index is 0.142. The lowest BCUT2D eigenvalue weighted by atomic mass is 10.1. The van der Waals surface area contributed by atoms with Gasteiger partial charge in [-0.15, -0.1) is 0 Å². The number of nitrogens with one attached hydrogen (secondary N) is 3. The van der Waals surface area contributed by atoms with Crippen molar-refractivity contribution in [1.82, 2.24) is 16.0 Å². The highest BCUT2D eigenvalue weighted by atomic mass is 32.2. The van der Waals surface area contributed by atoms with Crippen molar-refractivity contribution in [2.45, 2.75) is 43.6 Å². The number of aliphatic hydroxyl groups is 2. The maximum absolute atomic E-state index is 12.4. The van der Waals surface area contributed by atoms with Crippen molar-refractivity contribution in [2.75, 3.05) is 24.4 Å². The number of aliphatic hydroxyl groups excluding tert-OH is 2. The molecule has 11 nitrogen and oxygen atoms in total. The molecule has 0 fully saturated rings. The molecule has 0 radical (unpaired) electrons. The van der Waals surface area contributed by atoms with E-state index < -0.39 is 60.6 Å². The molecule has 28 heavy (non-hydrogen) atoms. The molecule has 0 aliphatic carbocycles. The molecule has 5 atom stereocenters. The minimum atomic E-state index is -1.40. The summed E-state index contributed by atoms with van der Waals surface area (Å²) in [6.45, 7) is 0.525. The Morgan fingerprint density at radius 1 is 1.04 bits per heavy atom. The molecule has 0 saturated heterocycles. The highest BCUT2D eigenvalue weighted by Gasteiger charge is 2.30. The molecule has 0 bridgehead atoms. The first-order valence-corrected chi connectivity index (χ1v) is 10.4. The van der Waals surface area contributed by atoms with Crippen LogP contribution in [-0.2, 0) is 19.2 Å². The zero-order valence-corrected chi connectivity index (χ0v) is 17.3. The molecular formula is C15H28N4O7S2. The van der Waals surface area contributed by atoms with Crippen molar-refractivity contribution in [2.24, 2.45) is 5.73 Å². The van der Waals surface area contributed by atoms with Crippen LogP contribution in [0.25, 0.3) is 0 Å². The molecule has 162 valence electrons. The quantitative estimate of drug-likeness (QED) is 0.137. The van der Waals surface area contributed by atoms with Gasteiger partial charge in [0.15, 0.2) is 0 Å². The van der Waals surface area contributed by atoms with Crippen LogP contribution in [0.3, 0.4) is 0 Å². The van der Waals surface area contributed by atoms with Crippen LogP contribution < -0.4 is 21.7 Å². The number of nitrogens with two attached hydrogens (primary N) is 1. The summed E-state index contributed by atoms with van der Waals surface area (Å²) < 4.78 is 0. The number of thiol groups is 1. The third-order valence-corrected chi connectivity index (χ3v) is 4.69. The van der Waals surface area contributed by atoms with Gasteiger partial charge in [-0.3, -0.25) is 14.4 Å². The van der Waals surface area contributed by atoms with Gasteiger partial charge in [0.05, 0.1) is 12.7 Å². The van der Waals surface area contributed by atoms with Gasteiger partial charge in [-0.1, -0.05) is 0 Å². The van der Waals surface area contributed by atoms with E-state index in [4.69, 9.17) is 10.8 Å². The van der Waals surface area contributed by atoms with E-state index in [2.05, 4.69) is 28.6 Å². The number of rotatable bonds is 13. The van der Waals surface area contributed by atoms with Gasteiger partial charge in [-0.25, -0.2) is 4.79 Å². The van der Waals surface area contributed by atoms with Crippen molar-refractivity contribution in [3.05, 3.63) is 0 Å². The largest absolute Gasteiger partial charge is 0.480 e. The molecule has 0 aliphatic heterocycles. The Balaban J connectivity index is 5.12. The molecule has 0 heterocycles. The Hall–Kier alpha value is -1.54. The zero-order valence-electron chi connectivity index (χ0n) is 15.6. The number of amides is 3. The highest BCUT2D eigenvalue weighted by Crippen LogP contribution is 2.03. The topological polar surface area (TPSA) is 191 Å². The predicted octanol–water partition coefficient (Wildman–Crippen LogP) is -3.09. The van der Waals surface area contributed by atoms with Gasteiger partial charge >= 0.3 is 5.97 Å². The number of carboxylic acids is 1. The fraction of sp³-hybridized carbons (Fsp3) is 0.733. The fourth-order valence-electron chi connectivity index (χ4n) is 1.92. The summed E-state index contributed by atoms with van der Waals surface area (Å²) in [5.41, 5.74) is 5.47. The summed E-state index contributed by atoms with van der Waals surface area (Å²) in [4.78, 5) is 47.6. The molecule has 5 unspecified atom stereocenters. The number of thioether (sulfide) groups is 1. The van der Waals surface area contributed by atoms with E-state index in [0.717, 1.165) is 0 Å². The van der Waals surface area contributed by atoms with Crippen LogP contribution in [0, 0.1) is 0 Å². The Bertz CT molecular complexity index is 550. The first-order chi connectivity index (χ1) is 13.1. The second kappa shape index (κ2) is 13.6. The van der Waals surface area contributed by atoms with Crippen LogP contribution in [0.15, 0.2) is 0 Å². The van der Waals surface area contributed by atoms with Crippen LogP contribution in [0.1, 0.15) is 13.3 Å². The van der Waals surface area contributed by atoms with E-state index in [1.54, 1.807) is 6.26 Å². The number of aliphatic carboxylic acids is 1. The average Bonchev–Trinajstić information content (AvgIpc) is 2.65. The number of hydrogen-bond donors (Lipinski definition) is 8. The number of carboxylic acid groups (broad SMARTS) is 1. The SMILES string of the molecule is CSCCC(NC(=O)C(CO)NC(=O)C(N)C(C)O)C(=O)NC(CS)C(=O)O. The molecule has 8 N–H and O–H groups in total. The van der Waals surface area contributed by atoms with E-state index in [0.29, 0.717) is 5.75 Å². The summed E-state index contributed by atoms with van der Waals surface area (Å²) in [6, 6.07) is -5.02. The van der Waals surface area contributed by atoms with Crippen molar-refractivity contribution < 1.29 is 34.5 Å². The molecule has 0 aromatic carbocycles. The monoisotopic (exact) mass is 440 g/mol. The summed E-state index contributed by atoms with van der Waals surface area (Å²) in [5.74, 6) is -3.36. The Morgan fingerprint density at radius 2 is 1.54 bits per heavy atom. The van der Waals surface area contributed by atoms with Crippen LogP contribution in [0.2, 0.25) is 0 Å². The van der Waals surface area contributed by atoms with Gasteiger partial charge in [-0.2, -0.15) is 24.4 Å². The van der Waals surface area contributed by atoms with Crippen LogP contribution in [-0.4, -0.2) is 93.7 Å². The third kappa shape index (κ3) is 9.10. The lowest BCUT2D eigenvalue weighted by Gasteiger charge is -2.24. The predicted molar refractivity (Wildman–Crippen MR) is 107 cm³/mol. The maximum atomic E-state index is 12.4. The van der Waals surface area contributed by atoms with Gasteiger partial charge in [0.25, 0.3) is 0 Å². The van der Waals surface area contributed by atoms with Gasteiger partial charge in [0, 0.05) is 5.75 Å². The molecule has 0 saturated carbocycles. The molecule has 0 aromatic rings. The van der Waals surface area contributed by atoms with Crippen LogP contribution in [0.5, 0.6) is 0 Å². The van der Waals surface area contributed by atoms with Crippen LogP contribution in [0.4, 0.5) is 0 Å². The second-order valence-corrected chi connectivity index (χ2v) is 7.29. The second-order valence-electron chi connectivity index (χ2n) is 5.93. The normalized spacial score (nSPS) is 16.2. The number of carbonyl (C=O) groups excluding carboxylic acids is 3. The highest BCUT2D eigenvalue weighted by molar-refractivity contribution is 7.98. The lowest BCUT2D eigenvalue weighted by molar-refractivity contribution is -0.141. The van der Waals surface area contributed by atoms with Crippen molar-refractivity contribution in [3.8, 4) is 0 Å². The molecule has 0 spiro atoms. The third-order valence-electron chi connectivity index (χ3n) is 3.68. The Morgan fingerprint density at radius 3 is 1.96 bits per heavy atom. The van der Waals surface area contributed by atoms with Crippen molar-refractivity contribution in [1.29, 1.82) is 0 Å². The molecule has 13 heteroatoms. The number of hydrogen-bond acceptors (Lipinski definition) is 9. The fourth-order valence-corrected chi connectivity index (χ4v) is 2.63. The van der Waals surface area contributed by atoms with Crippen molar-refractivity contribution in [3.63, 3.8) is 0 Å². The van der Waals surface area contributed by atoms with E-state index in [1.807, 2.05) is 0 Å². The zero-order chi connectivity index (χ0) is 21.9. The molecule has 0 aromatic heterocycles. The van der Waals surface area contributed by atoms with Crippen LogP contribution >= 0.6 is 24.4 Å². The number of carbonyl (C=O) groups is 4. The van der Waals surface area contributed by atoms with E-state index in [9.17, 15) is 29.4 Å². The molecule has 0 aliphatic rings. The van der Waals surface area contributed by atoms with E-state index in [1.165, 1.54) is 18.7 Å². The first kappa shape index (κ1) is 26.5. The lowest BCUT2D eigenvalue weighted by Crippen LogP contribution is -2.59. The van der Waals surface area contributed by atoms with E-state index >= 15 is 0 Å². The van der Waals surface area contributed by atoms with E-state index in [-0.39, 0.29) is 12.2 Å². The summed E-state index contributed by atoms with van der Waals surface area (Å²) in [7, 11) is 0. The van der Waals surface area contributed by atoms with Gasteiger partial charge in [0.1, 0.15) is 24.2 Å². The molecular weight excluding hydrogens is 412 g/mol. The minimum Gasteiger partial charge on any atom is -0.480 e. The summed E-state index contributed by atoms with van der Waals surface area (Å²) in [5, 5.41) is 34.6. The van der Waals surface area contributed by atoms with Gasteiger partial charge in [0.2, 0.25) is 17.7 Å². The summed E-state index contributed by atoms with van der Waals surface area (Å²) >= 11 is 5.27. The smallest absolute Gasteiger partial charge is 0.327 e. The van der Waals surface area contributed by atoms with Crippen molar-refractivity contribution >= 4 is 48.1 Å².